The van der Waals surface area contributed by atoms with Crippen molar-refractivity contribution in [3.8, 4) is 0 Å². The monoisotopic (exact) mass is 353 g/mol. The summed E-state index contributed by atoms with van der Waals surface area (Å²) in [7, 11) is 1.53. The molecule has 26 heavy (non-hydrogen) atoms. The Morgan fingerprint density at radius 3 is 1.85 bits per heavy atom. The summed E-state index contributed by atoms with van der Waals surface area (Å²) in [6, 6.07) is 13.1. The third-order valence-electron chi connectivity index (χ3n) is 3.54. The highest BCUT2D eigenvalue weighted by Crippen LogP contribution is 2.16. The molecule has 0 bridgehead atoms. The maximum atomic E-state index is 12.4. The lowest BCUT2D eigenvalue weighted by atomic mass is 10.1. The molecule has 2 rings (SSSR count). The fourth-order valence-corrected chi connectivity index (χ4v) is 2.31. The first kappa shape index (κ1) is 19.2. The van der Waals surface area contributed by atoms with E-state index in [-0.39, 0.29) is 23.3 Å². The van der Waals surface area contributed by atoms with Crippen molar-refractivity contribution in [2.75, 3.05) is 12.4 Å². The van der Waals surface area contributed by atoms with Crippen LogP contribution in [0.3, 0.4) is 0 Å². The molecule has 0 fully saturated rings. The molecule has 0 aliphatic carbocycles. The van der Waals surface area contributed by atoms with Gasteiger partial charge in [0.1, 0.15) is 0 Å². The van der Waals surface area contributed by atoms with Gasteiger partial charge in [-0.25, -0.2) is 0 Å². The summed E-state index contributed by atoms with van der Waals surface area (Å²) in [5, 5.41) is 8.13. The van der Waals surface area contributed by atoms with Crippen molar-refractivity contribution >= 4 is 23.4 Å². The van der Waals surface area contributed by atoms with Crippen molar-refractivity contribution < 1.29 is 14.4 Å². The van der Waals surface area contributed by atoms with Gasteiger partial charge in [0, 0.05) is 23.7 Å². The lowest BCUT2D eigenvalue weighted by molar-refractivity contribution is 0.0916. The Morgan fingerprint density at radius 1 is 0.769 bits per heavy atom. The van der Waals surface area contributed by atoms with Crippen LogP contribution in [0.4, 0.5) is 5.69 Å². The van der Waals surface area contributed by atoms with Gasteiger partial charge >= 0.3 is 0 Å². The number of hydrogen-bond acceptors (Lipinski definition) is 3. The van der Waals surface area contributed by atoms with Crippen molar-refractivity contribution in [1.82, 2.24) is 10.6 Å². The van der Waals surface area contributed by atoms with Crippen LogP contribution in [0.1, 0.15) is 51.8 Å². The minimum Gasteiger partial charge on any atom is -0.355 e. The minimum absolute atomic E-state index is 0.200. The van der Waals surface area contributed by atoms with E-state index in [2.05, 4.69) is 16.0 Å². The molecule has 2 aromatic rings. The predicted molar refractivity (Wildman–Crippen MR) is 101 cm³/mol. The van der Waals surface area contributed by atoms with Crippen LogP contribution < -0.4 is 16.0 Å². The molecular weight excluding hydrogens is 330 g/mol. The van der Waals surface area contributed by atoms with Crippen LogP contribution >= 0.6 is 0 Å². The van der Waals surface area contributed by atoms with Gasteiger partial charge in [-0.05, 0) is 57.2 Å². The molecule has 0 saturated heterocycles. The van der Waals surface area contributed by atoms with Crippen molar-refractivity contribution in [3.63, 3.8) is 0 Å². The molecule has 0 aromatic heterocycles. The third kappa shape index (κ3) is 4.92. The number of carbonyl (C=O) groups is 3. The van der Waals surface area contributed by atoms with E-state index in [1.807, 2.05) is 20.8 Å². The van der Waals surface area contributed by atoms with Gasteiger partial charge in [0.05, 0.1) is 11.3 Å². The molecule has 3 N–H and O–H groups in total. The van der Waals surface area contributed by atoms with Crippen LogP contribution in [0.25, 0.3) is 0 Å². The molecule has 3 amide bonds. The average Bonchev–Trinajstić information content (AvgIpc) is 2.60. The molecular formula is C20H23N3O3. The molecule has 0 radical (unpaired) electrons. The number of nitrogens with one attached hydrogen (secondary N) is 3. The number of anilines is 1. The highest BCUT2D eigenvalue weighted by Gasteiger charge is 2.16. The Bertz CT molecular complexity index is 821. The molecule has 0 heterocycles. The number of benzene rings is 2. The Balaban J connectivity index is 2.14. The summed E-state index contributed by atoms with van der Waals surface area (Å²) in [5.41, 5.74) is 1.33. The summed E-state index contributed by atoms with van der Waals surface area (Å²) < 4.78 is 0. The van der Waals surface area contributed by atoms with Gasteiger partial charge in [-0.3, -0.25) is 14.4 Å². The van der Waals surface area contributed by atoms with Crippen molar-refractivity contribution in [1.29, 1.82) is 0 Å². The van der Waals surface area contributed by atoms with E-state index in [4.69, 9.17) is 0 Å². The number of rotatable bonds is 4. The van der Waals surface area contributed by atoms with Gasteiger partial charge in [0.15, 0.2) is 0 Å². The predicted octanol–water partition coefficient (Wildman–Crippen LogP) is 2.83. The van der Waals surface area contributed by atoms with Crippen LogP contribution in [0, 0.1) is 0 Å². The molecule has 0 unspecified atom stereocenters. The summed E-state index contributed by atoms with van der Waals surface area (Å²) in [5.74, 6) is -0.839. The molecule has 0 aliphatic heterocycles. The lowest BCUT2D eigenvalue weighted by Gasteiger charge is -2.20. The topological polar surface area (TPSA) is 87.3 Å². The van der Waals surface area contributed by atoms with Crippen LogP contribution in [0.5, 0.6) is 0 Å². The van der Waals surface area contributed by atoms with Gasteiger partial charge in [0.25, 0.3) is 17.7 Å². The molecule has 6 nitrogen and oxygen atoms in total. The molecule has 0 spiro atoms. The molecule has 0 atom stereocenters. The zero-order valence-corrected chi connectivity index (χ0v) is 15.3. The first-order chi connectivity index (χ1) is 12.2. The zero-order chi connectivity index (χ0) is 19.3. The first-order valence-electron chi connectivity index (χ1n) is 8.26. The van der Waals surface area contributed by atoms with E-state index in [0.29, 0.717) is 22.4 Å². The SMILES string of the molecule is CNC(=O)c1ccccc1NC(=O)c1ccc(C(=O)NC(C)(C)C)cc1. The smallest absolute Gasteiger partial charge is 0.255 e. The van der Waals surface area contributed by atoms with E-state index in [1.54, 1.807) is 48.5 Å². The van der Waals surface area contributed by atoms with Crippen molar-refractivity contribution in [2.24, 2.45) is 0 Å². The van der Waals surface area contributed by atoms with Crippen LogP contribution in [-0.2, 0) is 0 Å². The van der Waals surface area contributed by atoms with E-state index in [1.165, 1.54) is 7.05 Å². The molecule has 0 aliphatic rings. The molecule has 0 saturated carbocycles. The van der Waals surface area contributed by atoms with Gasteiger partial charge in [-0.1, -0.05) is 12.1 Å². The van der Waals surface area contributed by atoms with E-state index >= 15 is 0 Å². The van der Waals surface area contributed by atoms with Crippen LogP contribution in [-0.4, -0.2) is 30.3 Å². The third-order valence-corrected chi connectivity index (χ3v) is 3.54. The summed E-state index contributed by atoms with van der Waals surface area (Å²) in [4.78, 5) is 36.5. The Hall–Kier alpha value is -3.15. The van der Waals surface area contributed by atoms with Crippen molar-refractivity contribution in [2.45, 2.75) is 26.3 Å². The normalized spacial score (nSPS) is 10.8. The van der Waals surface area contributed by atoms with Crippen molar-refractivity contribution in [3.05, 3.63) is 65.2 Å². The van der Waals surface area contributed by atoms with E-state index in [9.17, 15) is 14.4 Å². The fourth-order valence-electron chi connectivity index (χ4n) is 2.31. The van der Waals surface area contributed by atoms with Crippen LogP contribution in [0.2, 0.25) is 0 Å². The second kappa shape index (κ2) is 7.82. The zero-order valence-electron chi connectivity index (χ0n) is 15.3. The van der Waals surface area contributed by atoms with Crippen LogP contribution in [0.15, 0.2) is 48.5 Å². The Kier molecular flexibility index (Phi) is 5.77. The second-order valence-corrected chi connectivity index (χ2v) is 6.86. The molecule has 2 aromatic carbocycles. The Morgan fingerprint density at radius 2 is 1.31 bits per heavy atom. The van der Waals surface area contributed by atoms with Gasteiger partial charge in [-0.2, -0.15) is 0 Å². The van der Waals surface area contributed by atoms with E-state index < -0.39 is 0 Å². The largest absolute Gasteiger partial charge is 0.355 e. The quantitative estimate of drug-likeness (QED) is 0.790. The highest BCUT2D eigenvalue weighted by molar-refractivity contribution is 6.09. The van der Waals surface area contributed by atoms with E-state index in [0.717, 1.165) is 0 Å². The summed E-state index contributed by atoms with van der Waals surface area (Å²) in [6.07, 6.45) is 0. The number of hydrogen-bond donors (Lipinski definition) is 3. The maximum absolute atomic E-state index is 12.4. The lowest BCUT2D eigenvalue weighted by Crippen LogP contribution is -2.40. The molecule has 6 heteroatoms. The van der Waals surface area contributed by atoms with Gasteiger partial charge in [-0.15, -0.1) is 0 Å². The maximum Gasteiger partial charge on any atom is 0.255 e. The average molecular weight is 353 g/mol. The minimum atomic E-state index is -0.357. The number of carbonyl (C=O) groups excluding carboxylic acids is 3. The summed E-state index contributed by atoms with van der Waals surface area (Å²) in [6.45, 7) is 5.70. The molecule has 136 valence electrons. The summed E-state index contributed by atoms with van der Waals surface area (Å²) >= 11 is 0. The number of para-hydroxylation sites is 1. The first-order valence-corrected chi connectivity index (χ1v) is 8.26. The van der Waals surface area contributed by atoms with Gasteiger partial charge < -0.3 is 16.0 Å². The fraction of sp³-hybridized carbons (Fsp3) is 0.250. The Labute approximate surface area is 153 Å². The highest BCUT2D eigenvalue weighted by atomic mass is 16.2. The number of amides is 3. The standard InChI is InChI=1S/C20H23N3O3/c1-20(2,3)23-18(25)14-11-9-13(10-12-14)17(24)22-16-8-6-5-7-15(16)19(26)21-4/h5-12H,1-4H3,(H,21,26)(H,22,24)(H,23,25). The van der Waals surface area contributed by atoms with Gasteiger partial charge in [0.2, 0.25) is 0 Å². The second-order valence-electron chi connectivity index (χ2n) is 6.86.